The van der Waals surface area contributed by atoms with Crippen molar-refractivity contribution in [3.63, 3.8) is 0 Å². The maximum absolute atomic E-state index is 12.4. The van der Waals surface area contributed by atoms with Gasteiger partial charge >= 0.3 is 6.36 Å². The number of hydrogen-bond donors (Lipinski definition) is 2. The Balaban J connectivity index is 1.94. The average Bonchev–Trinajstić information content (AvgIpc) is 3.29. The summed E-state index contributed by atoms with van der Waals surface area (Å²) in [6.07, 6.45) is -2.69. The maximum atomic E-state index is 12.4. The third-order valence-electron chi connectivity index (χ3n) is 4.05. The number of amides is 1. The van der Waals surface area contributed by atoms with Crippen molar-refractivity contribution in [2.45, 2.75) is 44.5 Å². The Labute approximate surface area is 132 Å². The van der Waals surface area contributed by atoms with Gasteiger partial charge in [-0.3, -0.25) is 4.79 Å². The molecule has 1 atom stereocenters. The molecule has 0 radical (unpaired) electrons. The van der Waals surface area contributed by atoms with Gasteiger partial charge in [-0.25, -0.2) is 0 Å². The van der Waals surface area contributed by atoms with Gasteiger partial charge in [0, 0.05) is 6.42 Å². The normalized spacial score (nSPS) is 17.4. The molecule has 0 aliphatic heterocycles. The molecule has 128 valence electrons. The molecule has 1 aromatic rings. The van der Waals surface area contributed by atoms with Crippen molar-refractivity contribution >= 4 is 5.91 Å². The molecule has 1 fully saturated rings. The summed E-state index contributed by atoms with van der Waals surface area (Å²) in [5.74, 6) is -0.326. The van der Waals surface area contributed by atoms with Crippen LogP contribution in [0.5, 0.6) is 5.75 Å². The molecule has 7 heteroatoms. The Hall–Kier alpha value is -1.76. The van der Waals surface area contributed by atoms with Gasteiger partial charge in [-0.2, -0.15) is 0 Å². The van der Waals surface area contributed by atoms with E-state index in [0.717, 1.165) is 12.8 Å². The highest BCUT2D eigenvalue weighted by Gasteiger charge is 2.42. The number of aliphatic hydroxyl groups is 1. The van der Waals surface area contributed by atoms with E-state index >= 15 is 0 Å². The number of hydrogen-bond acceptors (Lipinski definition) is 3. The van der Waals surface area contributed by atoms with Gasteiger partial charge in [-0.1, -0.05) is 18.2 Å². The van der Waals surface area contributed by atoms with Crippen LogP contribution in [0.25, 0.3) is 0 Å². The van der Waals surface area contributed by atoms with Crippen LogP contribution in [0.2, 0.25) is 0 Å². The lowest BCUT2D eigenvalue weighted by Gasteiger charge is -2.28. The molecule has 0 heterocycles. The van der Waals surface area contributed by atoms with Crippen LogP contribution in [0.1, 0.15) is 31.7 Å². The van der Waals surface area contributed by atoms with Gasteiger partial charge in [-0.15, -0.1) is 13.2 Å². The molecule has 1 saturated carbocycles. The summed E-state index contributed by atoms with van der Waals surface area (Å²) in [6.45, 7) is 1.63. The number of benzene rings is 1. The van der Waals surface area contributed by atoms with Crippen LogP contribution in [-0.4, -0.2) is 29.5 Å². The van der Waals surface area contributed by atoms with E-state index in [0.29, 0.717) is 5.56 Å². The third kappa shape index (κ3) is 5.13. The van der Waals surface area contributed by atoms with Crippen LogP contribution in [0, 0.1) is 5.92 Å². The number of nitrogens with one attached hydrogen (secondary N) is 1. The van der Waals surface area contributed by atoms with Crippen LogP contribution in [0.3, 0.4) is 0 Å². The Morgan fingerprint density at radius 2 is 2.00 bits per heavy atom. The minimum absolute atomic E-state index is 0.0283. The maximum Gasteiger partial charge on any atom is 0.573 e. The van der Waals surface area contributed by atoms with E-state index in [1.807, 2.05) is 0 Å². The number of halogens is 3. The van der Waals surface area contributed by atoms with Crippen LogP contribution in [0.4, 0.5) is 13.2 Å². The topological polar surface area (TPSA) is 58.6 Å². The van der Waals surface area contributed by atoms with E-state index in [1.165, 1.54) is 18.2 Å². The number of carbonyl (C=O) groups is 1. The molecular formula is C16H20F3NO3. The Kier molecular flexibility index (Phi) is 5.19. The summed E-state index contributed by atoms with van der Waals surface area (Å²) < 4.78 is 41.0. The minimum atomic E-state index is -4.76. The first-order valence-electron chi connectivity index (χ1n) is 7.49. The zero-order valence-electron chi connectivity index (χ0n) is 12.8. The van der Waals surface area contributed by atoms with Crippen molar-refractivity contribution < 1.29 is 27.8 Å². The Morgan fingerprint density at radius 1 is 1.35 bits per heavy atom. The summed E-state index contributed by atoms with van der Waals surface area (Å²) in [5, 5.41) is 12.2. The smallest absolute Gasteiger partial charge is 0.406 e. The van der Waals surface area contributed by atoms with E-state index in [-0.39, 0.29) is 37.0 Å². The number of ether oxygens (including phenoxy) is 1. The number of aryl methyl sites for hydroxylation is 1. The van der Waals surface area contributed by atoms with Crippen LogP contribution >= 0.6 is 0 Å². The highest BCUT2D eigenvalue weighted by molar-refractivity contribution is 5.77. The van der Waals surface area contributed by atoms with E-state index in [4.69, 9.17) is 0 Å². The van der Waals surface area contributed by atoms with Crippen LogP contribution in [-0.2, 0) is 11.2 Å². The summed E-state index contributed by atoms with van der Waals surface area (Å²) >= 11 is 0. The first-order chi connectivity index (χ1) is 10.7. The lowest BCUT2D eigenvalue weighted by Crippen LogP contribution is -2.50. The predicted molar refractivity (Wildman–Crippen MR) is 77.8 cm³/mol. The second-order valence-corrected chi connectivity index (χ2v) is 6.05. The number of rotatable bonds is 7. The molecule has 0 bridgehead atoms. The van der Waals surface area contributed by atoms with Gasteiger partial charge in [0.05, 0.1) is 12.1 Å². The third-order valence-corrected chi connectivity index (χ3v) is 4.05. The monoisotopic (exact) mass is 331 g/mol. The first-order valence-corrected chi connectivity index (χ1v) is 7.49. The van der Waals surface area contributed by atoms with E-state index in [1.54, 1.807) is 13.0 Å². The molecule has 2 rings (SSSR count). The quantitative estimate of drug-likeness (QED) is 0.808. The van der Waals surface area contributed by atoms with Crippen molar-refractivity contribution in [2.75, 3.05) is 6.61 Å². The summed E-state index contributed by atoms with van der Waals surface area (Å²) in [4.78, 5) is 12.0. The second-order valence-electron chi connectivity index (χ2n) is 6.05. The zero-order valence-corrected chi connectivity index (χ0v) is 12.8. The Bertz CT molecular complexity index is 558. The molecule has 23 heavy (non-hydrogen) atoms. The molecule has 1 aliphatic carbocycles. The number of carbonyl (C=O) groups excluding carboxylic acids is 1. The predicted octanol–water partition coefficient (Wildman–Crippen LogP) is 2.80. The van der Waals surface area contributed by atoms with Gasteiger partial charge in [0.2, 0.25) is 5.91 Å². The minimum Gasteiger partial charge on any atom is -0.406 e. The molecule has 1 unspecified atom stereocenters. The molecule has 0 aromatic heterocycles. The molecule has 0 spiro atoms. The molecular weight excluding hydrogens is 311 g/mol. The van der Waals surface area contributed by atoms with E-state index in [9.17, 15) is 23.1 Å². The van der Waals surface area contributed by atoms with Crippen molar-refractivity contribution in [1.29, 1.82) is 0 Å². The largest absolute Gasteiger partial charge is 0.573 e. The SMILES string of the molecule is CC(CO)(NC(=O)CCc1ccccc1OC(F)(F)F)C1CC1. The fraction of sp³-hybridized carbons (Fsp3) is 0.562. The van der Waals surface area contributed by atoms with Crippen molar-refractivity contribution in [2.24, 2.45) is 5.92 Å². The lowest BCUT2D eigenvalue weighted by atomic mass is 9.96. The lowest BCUT2D eigenvalue weighted by molar-refractivity contribution is -0.274. The van der Waals surface area contributed by atoms with Crippen molar-refractivity contribution in [3.05, 3.63) is 29.8 Å². The number of para-hydroxylation sites is 1. The van der Waals surface area contributed by atoms with Crippen LogP contribution < -0.4 is 10.1 Å². The zero-order chi connectivity index (χ0) is 17.1. The highest BCUT2D eigenvalue weighted by atomic mass is 19.4. The highest BCUT2D eigenvalue weighted by Crippen LogP contribution is 2.39. The van der Waals surface area contributed by atoms with Gasteiger partial charge in [0.15, 0.2) is 0 Å². The van der Waals surface area contributed by atoms with Crippen molar-refractivity contribution in [1.82, 2.24) is 5.32 Å². The summed E-state index contributed by atoms with van der Waals surface area (Å²) in [6, 6.07) is 5.77. The fourth-order valence-corrected chi connectivity index (χ4v) is 2.55. The molecule has 1 amide bonds. The number of aliphatic hydroxyl groups excluding tert-OH is 1. The number of alkyl halides is 3. The molecule has 2 N–H and O–H groups in total. The fourth-order valence-electron chi connectivity index (χ4n) is 2.55. The Morgan fingerprint density at radius 3 is 2.57 bits per heavy atom. The van der Waals surface area contributed by atoms with E-state index < -0.39 is 11.9 Å². The van der Waals surface area contributed by atoms with Gasteiger partial charge in [0.1, 0.15) is 5.75 Å². The molecule has 1 aromatic carbocycles. The van der Waals surface area contributed by atoms with Gasteiger partial charge in [-0.05, 0) is 43.7 Å². The van der Waals surface area contributed by atoms with Gasteiger partial charge < -0.3 is 15.2 Å². The molecule has 4 nitrogen and oxygen atoms in total. The summed E-state index contributed by atoms with van der Waals surface area (Å²) in [5.41, 5.74) is -0.337. The molecule has 0 saturated heterocycles. The first kappa shape index (κ1) is 17.6. The van der Waals surface area contributed by atoms with E-state index in [2.05, 4.69) is 10.1 Å². The summed E-state index contributed by atoms with van der Waals surface area (Å²) in [7, 11) is 0. The van der Waals surface area contributed by atoms with Crippen molar-refractivity contribution in [3.8, 4) is 5.75 Å². The van der Waals surface area contributed by atoms with Crippen LogP contribution in [0.15, 0.2) is 24.3 Å². The molecule has 1 aliphatic rings. The van der Waals surface area contributed by atoms with Gasteiger partial charge in [0.25, 0.3) is 0 Å². The second kappa shape index (κ2) is 6.78. The average molecular weight is 331 g/mol. The standard InChI is InChI=1S/C16H20F3NO3/c1-15(10-21,12-7-8-12)20-14(22)9-6-11-4-2-3-5-13(11)23-16(17,18)19/h2-5,12,21H,6-10H2,1H3,(H,20,22).